The average Bonchev–Trinajstić information content (AvgIpc) is 2.84. The van der Waals surface area contributed by atoms with Gasteiger partial charge in [-0.05, 0) is 31.6 Å². The largest absolute Gasteiger partial charge is 0.389 e. The van der Waals surface area contributed by atoms with E-state index in [1.54, 1.807) is 6.92 Å². The molecule has 0 aromatic carbocycles. The fourth-order valence-corrected chi connectivity index (χ4v) is 5.21. The fraction of sp³-hybridized carbons (Fsp3) is 1.00. The Morgan fingerprint density at radius 1 is 1.38 bits per heavy atom. The number of hydrogen-bond donors (Lipinski definition) is 2. The van der Waals surface area contributed by atoms with Gasteiger partial charge in [-0.3, -0.25) is 0 Å². The number of sulfone groups is 1. The molecular weight excluding hydrogens is 226 g/mol. The molecule has 2 rings (SSSR count). The van der Waals surface area contributed by atoms with Crippen LogP contribution in [0.15, 0.2) is 0 Å². The molecule has 0 aromatic rings. The molecule has 2 atom stereocenters. The molecule has 4 nitrogen and oxygen atoms in total. The van der Waals surface area contributed by atoms with E-state index in [0.717, 1.165) is 12.8 Å². The Hall–Kier alpha value is -0.130. The number of nitrogens with two attached hydrogens (primary N) is 1. The molecule has 94 valence electrons. The van der Waals surface area contributed by atoms with E-state index in [4.69, 9.17) is 5.73 Å². The lowest BCUT2D eigenvalue weighted by atomic mass is 9.65. The molecule has 1 saturated carbocycles. The van der Waals surface area contributed by atoms with Crippen molar-refractivity contribution in [3.05, 3.63) is 0 Å². The van der Waals surface area contributed by atoms with Gasteiger partial charge >= 0.3 is 0 Å². The lowest BCUT2D eigenvalue weighted by Crippen LogP contribution is -2.56. The van der Waals surface area contributed by atoms with Crippen molar-refractivity contribution in [2.24, 2.45) is 16.6 Å². The minimum absolute atomic E-state index is 0.0408. The number of hydrogen-bond acceptors (Lipinski definition) is 4. The van der Waals surface area contributed by atoms with Crippen LogP contribution in [-0.4, -0.2) is 37.2 Å². The zero-order valence-corrected chi connectivity index (χ0v) is 10.8. The monoisotopic (exact) mass is 247 g/mol. The van der Waals surface area contributed by atoms with Crippen molar-refractivity contribution in [3.63, 3.8) is 0 Å². The molecule has 5 heteroatoms. The van der Waals surface area contributed by atoms with E-state index < -0.39 is 20.9 Å². The summed E-state index contributed by atoms with van der Waals surface area (Å²) in [7, 11) is -3.02. The highest BCUT2D eigenvalue weighted by atomic mass is 32.2. The van der Waals surface area contributed by atoms with Crippen LogP contribution in [-0.2, 0) is 9.84 Å². The van der Waals surface area contributed by atoms with E-state index in [1.165, 1.54) is 0 Å². The molecule has 0 spiro atoms. The SMILES string of the molecule is CC1(C(C)(O)C2(CN)CCS(=O)(=O)C2)CC1. The first kappa shape index (κ1) is 12.3. The van der Waals surface area contributed by atoms with Crippen LogP contribution in [0.5, 0.6) is 0 Å². The summed E-state index contributed by atoms with van der Waals surface area (Å²) in [5.41, 5.74) is 4.01. The topological polar surface area (TPSA) is 80.4 Å². The molecule has 16 heavy (non-hydrogen) atoms. The van der Waals surface area contributed by atoms with Crippen molar-refractivity contribution in [3.8, 4) is 0 Å². The van der Waals surface area contributed by atoms with E-state index in [0.29, 0.717) is 6.42 Å². The predicted molar refractivity (Wildman–Crippen MR) is 62.7 cm³/mol. The van der Waals surface area contributed by atoms with Crippen LogP contribution in [0.1, 0.15) is 33.1 Å². The molecule has 2 fully saturated rings. The number of rotatable bonds is 3. The first-order valence-electron chi connectivity index (χ1n) is 5.81. The quantitative estimate of drug-likeness (QED) is 0.751. The predicted octanol–water partition coefficient (Wildman–Crippen LogP) is 0.301. The summed E-state index contributed by atoms with van der Waals surface area (Å²) >= 11 is 0. The smallest absolute Gasteiger partial charge is 0.151 e. The maximum absolute atomic E-state index is 11.6. The van der Waals surface area contributed by atoms with E-state index in [9.17, 15) is 13.5 Å². The van der Waals surface area contributed by atoms with Crippen LogP contribution in [0.3, 0.4) is 0 Å². The highest BCUT2D eigenvalue weighted by molar-refractivity contribution is 7.91. The third-order valence-electron chi connectivity index (χ3n) is 4.99. The van der Waals surface area contributed by atoms with Crippen LogP contribution in [0.25, 0.3) is 0 Å². The molecule has 1 heterocycles. The molecule has 2 unspecified atom stereocenters. The Labute approximate surface area is 97.1 Å². The summed E-state index contributed by atoms with van der Waals surface area (Å²) in [5.74, 6) is 0.204. The Morgan fingerprint density at radius 3 is 2.25 bits per heavy atom. The van der Waals surface area contributed by atoms with E-state index in [-0.39, 0.29) is 23.5 Å². The van der Waals surface area contributed by atoms with Crippen LogP contribution in [0.4, 0.5) is 0 Å². The second-order valence-electron chi connectivity index (χ2n) is 5.96. The normalized spacial score (nSPS) is 39.2. The Morgan fingerprint density at radius 2 is 1.94 bits per heavy atom. The lowest BCUT2D eigenvalue weighted by Gasteiger charge is -2.45. The summed E-state index contributed by atoms with van der Waals surface area (Å²) in [6.07, 6.45) is 2.41. The molecule has 2 aliphatic rings. The van der Waals surface area contributed by atoms with Gasteiger partial charge < -0.3 is 10.8 Å². The van der Waals surface area contributed by atoms with Gasteiger partial charge in [-0.2, -0.15) is 0 Å². The van der Waals surface area contributed by atoms with Gasteiger partial charge in [-0.25, -0.2) is 8.42 Å². The summed E-state index contributed by atoms with van der Waals surface area (Å²) in [6.45, 7) is 4.04. The van der Waals surface area contributed by atoms with Gasteiger partial charge in [-0.1, -0.05) is 6.92 Å². The van der Waals surface area contributed by atoms with Crippen molar-refractivity contribution < 1.29 is 13.5 Å². The minimum Gasteiger partial charge on any atom is -0.389 e. The zero-order valence-electron chi connectivity index (χ0n) is 9.99. The Bertz CT molecular complexity index is 397. The van der Waals surface area contributed by atoms with Gasteiger partial charge in [0, 0.05) is 12.0 Å². The molecule has 0 amide bonds. The van der Waals surface area contributed by atoms with Gasteiger partial charge in [-0.15, -0.1) is 0 Å². The van der Waals surface area contributed by atoms with Crippen LogP contribution >= 0.6 is 0 Å². The molecule has 3 N–H and O–H groups in total. The zero-order chi connectivity index (χ0) is 12.2. The molecule has 1 saturated heterocycles. The molecule has 0 radical (unpaired) electrons. The van der Waals surface area contributed by atoms with Crippen LogP contribution < -0.4 is 5.73 Å². The van der Waals surface area contributed by atoms with Gasteiger partial charge in [0.15, 0.2) is 9.84 Å². The molecule has 0 aromatic heterocycles. The second-order valence-corrected chi connectivity index (χ2v) is 8.14. The summed E-state index contributed by atoms with van der Waals surface area (Å²) < 4.78 is 23.3. The van der Waals surface area contributed by atoms with Crippen molar-refractivity contribution >= 4 is 9.84 Å². The Kier molecular flexibility index (Phi) is 2.47. The van der Waals surface area contributed by atoms with Gasteiger partial charge in [0.25, 0.3) is 0 Å². The third-order valence-corrected chi connectivity index (χ3v) is 6.81. The van der Waals surface area contributed by atoms with Crippen LogP contribution in [0, 0.1) is 10.8 Å². The van der Waals surface area contributed by atoms with Gasteiger partial charge in [0.1, 0.15) is 0 Å². The van der Waals surface area contributed by atoms with E-state index >= 15 is 0 Å². The van der Waals surface area contributed by atoms with Crippen molar-refractivity contribution in [1.82, 2.24) is 0 Å². The fourth-order valence-electron chi connectivity index (χ4n) is 2.97. The maximum atomic E-state index is 11.6. The average molecular weight is 247 g/mol. The Balaban J connectivity index is 2.36. The summed E-state index contributed by atoms with van der Waals surface area (Å²) in [5, 5.41) is 10.8. The second kappa shape index (κ2) is 3.21. The standard InChI is InChI=1S/C11H21NO3S/c1-9(3-4-9)10(2,13)11(7-12)5-6-16(14,15)8-11/h13H,3-8,12H2,1-2H3. The first-order valence-corrected chi connectivity index (χ1v) is 7.63. The van der Waals surface area contributed by atoms with Crippen LogP contribution in [0.2, 0.25) is 0 Å². The lowest BCUT2D eigenvalue weighted by molar-refractivity contribution is -0.104. The van der Waals surface area contributed by atoms with Crippen molar-refractivity contribution in [2.45, 2.75) is 38.7 Å². The molecule has 1 aliphatic heterocycles. The van der Waals surface area contributed by atoms with Crippen molar-refractivity contribution in [1.29, 1.82) is 0 Å². The van der Waals surface area contributed by atoms with Crippen molar-refractivity contribution in [2.75, 3.05) is 18.1 Å². The molecule has 1 aliphatic carbocycles. The molecule has 0 bridgehead atoms. The number of aliphatic hydroxyl groups is 1. The third kappa shape index (κ3) is 1.52. The summed E-state index contributed by atoms with van der Waals surface area (Å²) in [4.78, 5) is 0. The maximum Gasteiger partial charge on any atom is 0.151 e. The van der Waals surface area contributed by atoms with Gasteiger partial charge in [0.05, 0.1) is 17.1 Å². The highest BCUT2D eigenvalue weighted by Gasteiger charge is 2.64. The van der Waals surface area contributed by atoms with E-state index in [2.05, 4.69) is 0 Å². The molecular formula is C11H21NO3S. The first-order chi connectivity index (χ1) is 7.18. The minimum atomic E-state index is -3.02. The highest BCUT2D eigenvalue weighted by Crippen LogP contribution is 2.61. The van der Waals surface area contributed by atoms with E-state index in [1.807, 2.05) is 6.92 Å². The summed E-state index contributed by atoms with van der Waals surface area (Å²) in [6, 6.07) is 0. The van der Waals surface area contributed by atoms with Gasteiger partial charge in [0.2, 0.25) is 0 Å².